The van der Waals surface area contributed by atoms with E-state index in [4.69, 9.17) is 16.3 Å². The monoisotopic (exact) mass is 294 g/mol. The largest absolute Gasteiger partial charge is 0.493 e. The average Bonchev–Trinajstić information content (AvgIpc) is 3.02. The number of ether oxygens (including phenoxy) is 1. The van der Waals surface area contributed by atoms with Gasteiger partial charge in [-0.2, -0.15) is 0 Å². The maximum Gasteiger partial charge on any atom is 0.226 e. The highest BCUT2D eigenvalue weighted by Gasteiger charge is 2.37. The van der Waals surface area contributed by atoms with Crippen molar-refractivity contribution in [1.29, 1.82) is 0 Å². The smallest absolute Gasteiger partial charge is 0.226 e. The number of amides is 1. The van der Waals surface area contributed by atoms with Gasteiger partial charge in [0.2, 0.25) is 5.91 Å². The van der Waals surface area contributed by atoms with Crippen molar-refractivity contribution in [2.24, 2.45) is 11.8 Å². The predicted octanol–water partition coefficient (Wildman–Crippen LogP) is 1.79. The van der Waals surface area contributed by atoms with Crippen molar-refractivity contribution in [3.8, 4) is 5.75 Å². The van der Waals surface area contributed by atoms with Gasteiger partial charge in [-0.15, -0.1) is 0 Å². The van der Waals surface area contributed by atoms with E-state index >= 15 is 0 Å². The highest BCUT2D eigenvalue weighted by atomic mass is 35.5. The number of carbonyl (C=O) groups excluding carboxylic acids is 1. The number of hydrogen-bond acceptors (Lipinski definition) is 3. The molecule has 2 fully saturated rings. The molecule has 0 bridgehead atoms. The van der Waals surface area contributed by atoms with Gasteiger partial charge >= 0.3 is 0 Å². The number of hydrogen-bond donors (Lipinski definition) is 1. The van der Waals surface area contributed by atoms with Crippen molar-refractivity contribution in [3.05, 3.63) is 29.3 Å². The molecule has 0 saturated carbocycles. The quantitative estimate of drug-likeness (QED) is 0.920. The molecule has 4 nitrogen and oxygen atoms in total. The first kappa shape index (κ1) is 13.7. The topological polar surface area (TPSA) is 41.6 Å². The lowest BCUT2D eigenvalue weighted by atomic mass is 10.0. The van der Waals surface area contributed by atoms with E-state index in [1.165, 1.54) is 0 Å². The fourth-order valence-corrected chi connectivity index (χ4v) is 3.13. The summed E-state index contributed by atoms with van der Waals surface area (Å²) in [5.41, 5.74) is 0. The van der Waals surface area contributed by atoms with Gasteiger partial charge in [0.05, 0.1) is 13.0 Å². The second-order valence-electron chi connectivity index (χ2n) is 5.53. The number of benzene rings is 1. The van der Waals surface area contributed by atoms with Crippen LogP contribution in [0.1, 0.15) is 6.42 Å². The van der Waals surface area contributed by atoms with Crippen LogP contribution in [-0.4, -0.2) is 43.6 Å². The lowest BCUT2D eigenvalue weighted by Crippen LogP contribution is -2.32. The minimum atomic E-state index is 0.202. The van der Waals surface area contributed by atoms with Gasteiger partial charge in [-0.1, -0.05) is 11.6 Å². The van der Waals surface area contributed by atoms with Crippen LogP contribution >= 0.6 is 11.6 Å². The molecule has 0 aromatic heterocycles. The maximum absolute atomic E-state index is 12.1. The van der Waals surface area contributed by atoms with Gasteiger partial charge in [-0.25, -0.2) is 0 Å². The van der Waals surface area contributed by atoms with Crippen LogP contribution in [0.2, 0.25) is 5.02 Å². The summed E-state index contributed by atoms with van der Waals surface area (Å²) in [6.07, 6.45) is 0.440. The SMILES string of the molecule is O=C(CCOc1ccc(Cl)cc1)N1C[C@H]2CNC[C@H]2C1. The fraction of sp³-hybridized carbons (Fsp3) is 0.533. The molecule has 0 radical (unpaired) electrons. The molecule has 0 unspecified atom stereocenters. The van der Waals surface area contributed by atoms with E-state index in [-0.39, 0.29) is 5.91 Å². The van der Waals surface area contributed by atoms with E-state index in [9.17, 15) is 4.79 Å². The number of likely N-dealkylation sites (tertiary alicyclic amines) is 1. The van der Waals surface area contributed by atoms with E-state index < -0.39 is 0 Å². The summed E-state index contributed by atoms with van der Waals surface area (Å²) in [7, 11) is 0. The van der Waals surface area contributed by atoms with Crippen molar-refractivity contribution in [3.63, 3.8) is 0 Å². The molecule has 5 heteroatoms. The van der Waals surface area contributed by atoms with Gasteiger partial charge in [0.25, 0.3) is 0 Å². The number of halogens is 1. The molecule has 3 rings (SSSR count). The summed E-state index contributed by atoms with van der Waals surface area (Å²) in [5, 5.41) is 4.07. The molecule has 0 aliphatic carbocycles. The van der Waals surface area contributed by atoms with Crippen molar-refractivity contribution in [2.45, 2.75) is 6.42 Å². The number of carbonyl (C=O) groups is 1. The summed E-state index contributed by atoms with van der Waals surface area (Å²) in [6.45, 7) is 4.32. The van der Waals surface area contributed by atoms with Gasteiger partial charge in [0, 0.05) is 31.2 Å². The average molecular weight is 295 g/mol. The van der Waals surface area contributed by atoms with Crippen LogP contribution in [0.15, 0.2) is 24.3 Å². The molecule has 1 amide bonds. The highest BCUT2D eigenvalue weighted by molar-refractivity contribution is 6.30. The Morgan fingerprint density at radius 3 is 2.55 bits per heavy atom. The lowest BCUT2D eigenvalue weighted by Gasteiger charge is -2.17. The number of rotatable bonds is 4. The first-order valence-corrected chi connectivity index (χ1v) is 7.47. The normalized spacial score (nSPS) is 24.8. The summed E-state index contributed by atoms with van der Waals surface area (Å²) >= 11 is 5.81. The zero-order chi connectivity index (χ0) is 13.9. The molecule has 2 aliphatic rings. The minimum absolute atomic E-state index is 0.202. The molecule has 1 aromatic carbocycles. The van der Waals surface area contributed by atoms with Crippen molar-refractivity contribution in [2.75, 3.05) is 32.8 Å². The van der Waals surface area contributed by atoms with E-state index in [1.807, 2.05) is 17.0 Å². The summed E-state index contributed by atoms with van der Waals surface area (Å²) < 4.78 is 5.57. The van der Waals surface area contributed by atoms with Gasteiger partial charge in [0.1, 0.15) is 5.75 Å². The zero-order valence-corrected chi connectivity index (χ0v) is 12.1. The molecule has 108 valence electrons. The molecule has 1 N–H and O–H groups in total. The second-order valence-corrected chi connectivity index (χ2v) is 5.97. The number of nitrogens with one attached hydrogen (secondary N) is 1. The Labute approximate surface area is 124 Å². The lowest BCUT2D eigenvalue weighted by molar-refractivity contribution is -0.130. The standard InChI is InChI=1S/C15H19ClN2O2/c16-13-1-3-14(4-2-13)20-6-5-15(19)18-9-11-7-17-8-12(11)10-18/h1-4,11-12,17H,5-10H2/t11-,12+. The van der Waals surface area contributed by atoms with Crippen LogP contribution in [0.3, 0.4) is 0 Å². The van der Waals surface area contributed by atoms with Crippen molar-refractivity contribution in [1.82, 2.24) is 10.2 Å². The van der Waals surface area contributed by atoms with Gasteiger partial charge < -0.3 is 15.0 Å². The second kappa shape index (κ2) is 6.02. The van der Waals surface area contributed by atoms with Gasteiger partial charge in [0.15, 0.2) is 0 Å². The van der Waals surface area contributed by atoms with Crippen LogP contribution in [0.25, 0.3) is 0 Å². The summed E-state index contributed by atoms with van der Waals surface area (Å²) in [6, 6.07) is 7.21. The van der Waals surface area contributed by atoms with Crippen LogP contribution in [0.5, 0.6) is 5.75 Å². The first-order chi connectivity index (χ1) is 9.72. The molecule has 20 heavy (non-hydrogen) atoms. The van der Waals surface area contributed by atoms with E-state index in [2.05, 4.69) is 5.32 Å². The Balaban J connectivity index is 1.42. The van der Waals surface area contributed by atoms with Crippen molar-refractivity contribution >= 4 is 17.5 Å². The van der Waals surface area contributed by atoms with E-state index in [0.29, 0.717) is 29.9 Å². The maximum atomic E-state index is 12.1. The molecular weight excluding hydrogens is 276 g/mol. The Bertz CT molecular complexity index is 465. The molecular formula is C15H19ClN2O2. The van der Waals surface area contributed by atoms with Gasteiger partial charge in [-0.3, -0.25) is 4.79 Å². The van der Waals surface area contributed by atoms with E-state index in [1.54, 1.807) is 12.1 Å². The third-order valence-corrected chi connectivity index (χ3v) is 4.39. The number of nitrogens with zero attached hydrogens (tertiary/aromatic N) is 1. The Kier molecular flexibility index (Phi) is 4.13. The minimum Gasteiger partial charge on any atom is -0.493 e. The Morgan fingerprint density at radius 2 is 1.90 bits per heavy atom. The predicted molar refractivity (Wildman–Crippen MR) is 78.0 cm³/mol. The first-order valence-electron chi connectivity index (χ1n) is 7.09. The summed E-state index contributed by atoms with van der Waals surface area (Å²) in [4.78, 5) is 14.1. The highest BCUT2D eigenvalue weighted by Crippen LogP contribution is 2.26. The van der Waals surface area contributed by atoms with Crippen LogP contribution in [-0.2, 0) is 4.79 Å². The van der Waals surface area contributed by atoms with Crippen LogP contribution in [0, 0.1) is 11.8 Å². The molecule has 2 saturated heterocycles. The van der Waals surface area contributed by atoms with Crippen LogP contribution in [0.4, 0.5) is 0 Å². The summed E-state index contributed by atoms with van der Waals surface area (Å²) in [5.74, 6) is 2.25. The van der Waals surface area contributed by atoms with Crippen molar-refractivity contribution < 1.29 is 9.53 Å². The Hall–Kier alpha value is -1.26. The van der Waals surface area contributed by atoms with Crippen LogP contribution < -0.4 is 10.1 Å². The molecule has 2 atom stereocenters. The zero-order valence-electron chi connectivity index (χ0n) is 11.3. The molecule has 2 heterocycles. The van der Waals surface area contributed by atoms with E-state index in [0.717, 1.165) is 31.9 Å². The third kappa shape index (κ3) is 3.07. The number of fused-ring (bicyclic) bond motifs is 1. The van der Waals surface area contributed by atoms with Gasteiger partial charge in [-0.05, 0) is 36.1 Å². The molecule has 0 spiro atoms. The molecule has 2 aliphatic heterocycles. The Morgan fingerprint density at radius 1 is 1.25 bits per heavy atom. The molecule has 1 aromatic rings. The third-order valence-electron chi connectivity index (χ3n) is 4.14. The fourth-order valence-electron chi connectivity index (χ4n) is 3.00.